The minimum Gasteiger partial charge on any atom is -0.457 e. The largest absolute Gasteiger partial charge is 0.457 e. The third kappa shape index (κ3) is 4.43. The Hall–Kier alpha value is -3.81. The highest BCUT2D eigenvalue weighted by atomic mass is 19.2. The van der Waals surface area contributed by atoms with Gasteiger partial charge in [-0.3, -0.25) is 14.9 Å². The van der Waals surface area contributed by atoms with E-state index in [-0.39, 0.29) is 22.7 Å². The summed E-state index contributed by atoms with van der Waals surface area (Å²) in [6.45, 7) is 0. The lowest BCUT2D eigenvalue weighted by atomic mass is 10.2. The molecule has 3 aromatic rings. The van der Waals surface area contributed by atoms with Gasteiger partial charge < -0.3 is 10.1 Å². The molecule has 0 atom stereocenters. The van der Waals surface area contributed by atoms with Gasteiger partial charge in [0.1, 0.15) is 11.5 Å². The molecule has 0 aliphatic rings. The van der Waals surface area contributed by atoms with Crippen molar-refractivity contribution in [2.75, 3.05) is 5.32 Å². The van der Waals surface area contributed by atoms with Crippen molar-refractivity contribution in [2.45, 2.75) is 0 Å². The van der Waals surface area contributed by atoms with Crippen LogP contribution in [0.25, 0.3) is 0 Å². The lowest BCUT2D eigenvalue weighted by Gasteiger charge is -2.09. The number of nitro groups is 1. The van der Waals surface area contributed by atoms with E-state index < -0.39 is 22.5 Å². The first-order chi connectivity index (χ1) is 12.9. The number of nitrogens with zero attached hydrogens (tertiary/aromatic N) is 1. The molecule has 136 valence electrons. The number of benzene rings is 3. The summed E-state index contributed by atoms with van der Waals surface area (Å²) in [6, 6.07) is 15.0. The second-order valence-electron chi connectivity index (χ2n) is 5.47. The van der Waals surface area contributed by atoms with Crippen LogP contribution < -0.4 is 10.1 Å². The van der Waals surface area contributed by atoms with E-state index in [0.717, 1.165) is 24.3 Å². The van der Waals surface area contributed by atoms with Crippen LogP contribution in [0.5, 0.6) is 11.5 Å². The number of carbonyl (C=O) groups excluding carboxylic acids is 1. The Kier molecular flexibility index (Phi) is 5.07. The summed E-state index contributed by atoms with van der Waals surface area (Å²) in [5.74, 6) is -2.41. The number of carbonyl (C=O) groups is 1. The van der Waals surface area contributed by atoms with Crippen molar-refractivity contribution < 1.29 is 23.2 Å². The van der Waals surface area contributed by atoms with E-state index in [0.29, 0.717) is 5.75 Å². The fraction of sp³-hybridized carbons (Fsp3) is 0. The second kappa shape index (κ2) is 7.61. The van der Waals surface area contributed by atoms with Crippen LogP contribution in [0.4, 0.5) is 20.2 Å². The van der Waals surface area contributed by atoms with Gasteiger partial charge in [-0.1, -0.05) is 18.2 Å². The number of ether oxygens (including phenoxy) is 1. The Labute approximate surface area is 152 Å². The number of amides is 1. The third-order valence-corrected chi connectivity index (χ3v) is 3.52. The van der Waals surface area contributed by atoms with Gasteiger partial charge in [0.2, 0.25) is 0 Å². The molecule has 0 spiro atoms. The van der Waals surface area contributed by atoms with E-state index >= 15 is 0 Å². The molecule has 0 heterocycles. The zero-order chi connectivity index (χ0) is 19.4. The Morgan fingerprint density at radius 1 is 0.926 bits per heavy atom. The number of non-ortho nitro benzene ring substituents is 1. The molecule has 1 N–H and O–H groups in total. The Bertz CT molecular complexity index is 1010. The minimum absolute atomic E-state index is 0.0739. The van der Waals surface area contributed by atoms with Gasteiger partial charge in [-0.05, 0) is 30.3 Å². The molecular formula is C19H12F2N2O4. The standard InChI is InChI=1S/C19H12F2N2O4/c20-17-7-6-12(8-18(17)21)19(24)22-13-9-14(23(25)26)11-16(10-13)27-15-4-2-1-3-5-15/h1-11H,(H,22,24). The predicted octanol–water partition coefficient (Wildman–Crippen LogP) is 4.92. The number of anilines is 1. The average molecular weight is 370 g/mol. The van der Waals surface area contributed by atoms with Gasteiger partial charge in [-0.25, -0.2) is 8.78 Å². The van der Waals surface area contributed by atoms with E-state index in [9.17, 15) is 23.7 Å². The number of rotatable bonds is 5. The summed E-state index contributed by atoms with van der Waals surface area (Å²) in [4.78, 5) is 22.7. The van der Waals surface area contributed by atoms with E-state index in [2.05, 4.69) is 5.32 Å². The summed E-state index contributed by atoms with van der Waals surface area (Å²) in [5, 5.41) is 13.6. The third-order valence-electron chi connectivity index (χ3n) is 3.52. The SMILES string of the molecule is O=C(Nc1cc(Oc2ccccc2)cc([N+](=O)[O-])c1)c1ccc(F)c(F)c1. The van der Waals surface area contributed by atoms with Crippen LogP contribution in [-0.2, 0) is 0 Å². The molecule has 3 aromatic carbocycles. The monoisotopic (exact) mass is 370 g/mol. The number of hydrogen-bond acceptors (Lipinski definition) is 4. The molecule has 8 heteroatoms. The van der Waals surface area contributed by atoms with E-state index in [1.807, 2.05) is 0 Å². The smallest absolute Gasteiger partial charge is 0.275 e. The fourth-order valence-corrected chi connectivity index (χ4v) is 2.29. The maximum atomic E-state index is 13.3. The average Bonchev–Trinajstić information content (AvgIpc) is 2.64. The van der Waals surface area contributed by atoms with Gasteiger partial charge in [-0.15, -0.1) is 0 Å². The number of hydrogen-bond donors (Lipinski definition) is 1. The van der Waals surface area contributed by atoms with Gasteiger partial charge in [0.25, 0.3) is 11.6 Å². The summed E-state index contributed by atoms with van der Waals surface area (Å²) in [7, 11) is 0. The summed E-state index contributed by atoms with van der Waals surface area (Å²) >= 11 is 0. The van der Waals surface area contributed by atoms with Gasteiger partial charge in [0.15, 0.2) is 11.6 Å². The molecule has 0 unspecified atom stereocenters. The molecule has 0 bridgehead atoms. The van der Waals surface area contributed by atoms with Crippen molar-refractivity contribution in [3.8, 4) is 11.5 Å². The van der Waals surface area contributed by atoms with E-state index in [4.69, 9.17) is 4.74 Å². The van der Waals surface area contributed by atoms with E-state index in [1.54, 1.807) is 30.3 Å². The maximum absolute atomic E-state index is 13.3. The van der Waals surface area contributed by atoms with Gasteiger partial charge in [0, 0.05) is 17.7 Å². The first kappa shape index (κ1) is 18.0. The molecule has 0 radical (unpaired) electrons. The van der Waals surface area contributed by atoms with Gasteiger partial charge >= 0.3 is 0 Å². The molecular weight excluding hydrogens is 358 g/mol. The molecule has 0 aromatic heterocycles. The summed E-state index contributed by atoms with van der Waals surface area (Å²) in [5.41, 5.74) is -0.361. The predicted molar refractivity (Wildman–Crippen MR) is 93.9 cm³/mol. The van der Waals surface area contributed by atoms with Crippen molar-refractivity contribution in [2.24, 2.45) is 0 Å². The molecule has 0 saturated carbocycles. The normalized spacial score (nSPS) is 10.3. The lowest BCUT2D eigenvalue weighted by Crippen LogP contribution is -2.12. The van der Waals surface area contributed by atoms with E-state index in [1.165, 1.54) is 12.1 Å². The second-order valence-corrected chi connectivity index (χ2v) is 5.47. The molecule has 0 fully saturated rings. The molecule has 27 heavy (non-hydrogen) atoms. The van der Waals surface area contributed by atoms with Crippen molar-refractivity contribution >= 4 is 17.3 Å². The minimum atomic E-state index is -1.17. The number of nitro benzene ring substituents is 1. The molecule has 0 aliphatic carbocycles. The first-order valence-corrected chi connectivity index (χ1v) is 7.71. The van der Waals surface area contributed by atoms with Crippen LogP contribution in [0.1, 0.15) is 10.4 Å². The molecule has 6 nitrogen and oxygen atoms in total. The van der Waals surface area contributed by atoms with Crippen LogP contribution in [-0.4, -0.2) is 10.8 Å². The quantitative estimate of drug-likeness (QED) is 0.511. The van der Waals surface area contributed by atoms with Gasteiger partial charge in [0.05, 0.1) is 16.7 Å². The highest BCUT2D eigenvalue weighted by molar-refractivity contribution is 6.04. The van der Waals surface area contributed by atoms with Crippen LogP contribution in [0.15, 0.2) is 66.7 Å². The maximum Gasteiger partial charge on any atom is 0.275 e. The summed E-state index contributed by atoms with van der Waals surface area (Å²) < 4.78 is 31.8. The number of para-hydroxylation sites is 1. The highest BCUT2D eigenvalue weighted by Gasteiger charge is 2.15. The Balaban J connectivity index is 1.88. The Morgan fingerprint density at radius 2 is 1.67 bits per heavy atom. The molecule has 1 amide bonds. The summed E-state index contributed by atoms with van der Waals surface area (Å²) in [6.07, 6.45) is 0. The van der Waals surface area contributed by atoms with Crippen LogP contribution >= 0.6 is 0 Å². The Morgan fingerprint density at radius 3 is 2.33 bits per heavy atom. The van der Waals surface area contributed by atoms with Crippen molar-refractivity contribution in [3.63, 3.8) is 0 Å². The van der Waals surface area contributed by atoms with Crippen LogP contribution in [0.3, 0.4) is 0 Å². The van der Waals surface area contributed by atoms with Crippen LogP contribution in [0, 0.1) is 21.7 Å². The topological polar surface area (TPSA) is 81.5 Å². The van der Waals surface area contributed by atoms with Crippen molar-refractivity contribution in [1.29, 1.82) is 0 Å². The number of nitrogens with one attached hydrogen (secondary N) is 1. The van der Waals surface area contributed by atoms with Crippen molar-refractivity contribution in [3.05, 3.63) is 94.0 Å². The molecule has 0 saturated heterocycles. The van der Waals surface area contributed by atoms with Crippen LogP contribution in [0.2, 0.25) is 0 Å². The lowest BCUT2D eigenvalue weighted by molar-refractivity contribution is -0.384. The van der Waals surface area contributed by atoms with Gasteiger partial charge in [-0.2, -0.15) is 0 Å². The molecule has 3 rings (SSSR count). The number of halogens is 2. The zero-order valence-electron chi connectivity index (χ0n) is 13.7. The van der Waals surface area contributed by atoms with Crippen molar-refractivity contribution in [1.82, 2.24) is 0 Å². The fourth-order valence-electron chi connectivity index (χ4n) is 2.29. The first-order valence-electron chi connectivity index (χ1n) is 7.71. The zero-order valence-corrected chi connectivity index (χ0v) is 13.7. The highest BCUT2D eigenvalue weighted by Crippen LogP contribution is 2.30. The molecule has 0 aliphatic heterocycles.